The van der Waals surface area contributed by atoms with Crippen molar-refractivity contribution in [2.45, 2.75) is 39.7 Å². The molecule has 0 aromatic rings. The van der Waals surface area contributed by atoms with E-state index in [0.29, 0.717) is 12.0 Å². The van der Waals surface area contributed by atoms with Crippen molar-refractivity contribution in [2.24, 2.45) is 10.9 Å². The van der Waals surface area contributed by atoms with Crippen molar-refractivity contribution in [3.05, 3.63) is 0 Å². The highest BCUT2D eigenvalue weighted by Crippen LogP contribution is 2.04. The molecule has 0 aliphatic rings. The molecule has 0 aliphatic heterocycles. The Labute approximate surface area is 75.7 Å². The number of aliphatic imine (C=N–C) groups is 1. The molecule has 1 nitrogen and oxygen atoms in total. The van der Waals surface area contributed by atoms with Crippen LogP contribution < -0.4 is 0 Å². The van der Waals surface area contributed by atoms with E-state index in [9.17, 15) is 0 Å². The lowest BCUT2D eigenvalue weighted by Gasteiger charge is -2.07. The first kappa shape index (κ1) is 11.0. The third-order valence-corrected chi connectivity index (χ3v) is 1.79. The summed E-state index contributed by atoms with van der Waals surface area (Å²) in [7, 11) is 0. The second-order valence-electron chi connectivity index (χ2n) is 3.12. The number of thiol groups is 1. The Hall–Kier alpha value is 0.0200. The summed E-state index contributed by atoms with van der Waals surface area (Å²) in [6.07, 6.45) is 4.27. The van der Waals surface area contributed by atoms with Crippen LogP contribution in [0.1, 0.15) is 33.6 Å². The van der Waals surface area contributed by atoms with Gasteiger partial charge in [-0.1, -0.05) is 20.8 Å². The molecular weight excluding hydrogens is 154 g/mol. The van der Waals surface area contributed by atoms with E-state index in [-0.39, 0.29) is 0 Å². The SMILES string of the molecule is CCC(CCS)N=CC(C)C. The van der Waals surface area contributed by atoms with E-state index in [1.807, 2.05) is 6.21 Å². The van der Waals surface area contributed by atoms with Gasteiger partial charge in [-0.2, -0.15) is 12.6 Å². The second kappa shape index (κ2) is 6.71. The van der Waals surface area contributed by atoms with Gasteiger partial charge in [0.05, 0.1) is 6.04 Å². The molecule has 2 heteroatoms. The average Bonchev–Trinajstić information content (AvgIpc) is 1.97. The third kappa shape index (κ3) is 6.42. The minimum Gasteiger partial charge on any atom is -0.294 e. The molecule has 1 atom stereocenters. The molecule has 0 amide bonds. The van der Waals surface area contributed by atoms with Crippen LogP contribution in [0.25, 0.3) is 0 Å². The van der Waals surface area contributed by atoms with Gasteiger partial charge in [-0.05, 0) is 24.5 Å². The van der Waals surface area contributed by atoms with Gasteiger partial charge in [0.25, 0.3) is 0 Å². The van der Waals surface area contributed by atoms with Crippen LogP contribution in [0.4, 0.5) is 0 Å². The standard InChI is InChI=1S/C9H19NS/c1-4-9(5-6-11)10-7-8(2)3/h7-9,11H,4-6H2,1-3H3. The van der Waals surface area contributed by atoms with E-state index in [0.717, 1.165) is 18.6 Å². The van der Waals surface area contributed by atoms with E-state index in [4.69, 9.17) is 0 Å². The molecule has 0 heterocycles. The molecule has 0 saturated carbocycles. The summed E-state index contributed by atoms with van der Waals surface area (Å²) < 4.78 is 0. The highest BCUT2D eigenvalue weighted by molar-refractivity contribution is 7.80. The fourth-order valence-electron chi connectivity index (χ4n) is 0.827. The fraction of sp³-hybridized carbons (Fsp3) is 0.889. The van der Waals surface area contributed by atoms with Crippen LogP contribution in [-0.2, 0) is 0 Å². The topological polar surface area (TPSA) is 12.4 Å². The largest absolute Gasteiger partial charge is 0.294 e. The van der Waals surface area contributed by atoms with Gasteiger partial charge in [0, 0.05) is 6.21 Å². The van der Waals surface area contributed by atoms with E-state index in [2.05, 4.69) is 38.4 Å². The van der Waals surface area contributed by atoms with Gasteiger partial charge in [0.15, 0.2) is 0 Å². The van der Waals surface area contributed by atoms with Crippen molar-refractivity contribution >= 4 is 18.8 Å². The zero-order valence-corrected chi connectivity index (χ0v) is 8.64. The van der Waals surface area contributed by atoms with Crippen LogP contribution in [0.15, 0.2) is 4.99 Å². The summed E-state index contributed by atoms with van der Waals surface area (Å²) in [5, 5.41) is 0. The Morgan fingerprint density at radius 3 is 2.45 bits per heavy atom. The first-order chi connectivity index (χ1) is 5.20. The van der Waals surface area contributed by atoms with Crippen molar-refractivity contribution in [3.8, 4) is 0 Å². The lowest BCUT2D eigenvalue weighted by molar-refractivity contribution is 0.635. The molecule has 0 aromatic heterocycles. The molecule has 0 aromatic carbocycles. The molecule has 66 valence electrons. The third-order valence-electron chi connectivity index (χ3n) is 1.53. The Bertz CT molecular complexity index is 110. The average molecular weight is 173 g/mol. The van der Waals surface area contributed by atoms with Crippen LogP contribution in [0.2, 0.25) is 0 Å². The van der Waals surface area contributed by atoms with Crippen LogP contribution in [-0.4, -0.2) is 18.0 Å². The van der Waals surface area contributed by atoms with Crippen molar-refractivity contribution in [2.75, 3.05) is 5.75 Å². The maximum absolute atomic E-state index is 4.46. The Morgan fingerprint density at radius 1 is 1.45 bits per heavy atom. The summed E-state index contributed by atoms with van der Waals surface area (Å²) >= 11 is 4.18. The van der Waals surface area contributed by atoms with Crippen molar-refractivity contribution < 1.29 is 0 Å². The van der Waals surface area contributed by atoms with Gasteiger partial charge in [-0.25, -0.2) is 0 Å². The molecule has 0 radical (unpaired) electrons. The normalized spacial score (nSPS) is 14.6. The maximum atomic E-state index is 4.46. The highest BCUT2D eigenvalue weighted by Gasteiger charge is 2.00. The van der Waals surface area contributed by atoms with E-state index < -0.39 is 0 Å². The van der Waals surface area contributed by atoms with Crippen LogP contribution in [0, 0.1) is 5.92 Å². The molecule has 11 heavy (non-hydrogen) atoms. The predicted molar refractivity (Wildman–Crippen MR) is 55.9 cm³/mol. The molecule has 0 spiro atoms. The van der Waals surface area contributed by atoms with Crippen molar-refractivity contribution in [3.63, 3.8) is 0 Å². The summed E-state index contributed by atoms with van der Waals surface area (Å²) in [6, 6.07) is 0.495. The highest BCUT2D eigenvalue weighted by atomic mass is 32.1. The first-order valence-corrected chi connectivity index (χ1v) is 4.98. The molecule has 0 fully saturated rings. The number of hydrogen-bond acceptors (Lipinski definition) is 2. The second-order valence-corrected chi connectivity index (χ2v) is 3.56. The number of hydrogen-bond donors (Lipinski definition) is 1. The maximum Gasteiger partial charge on any atom is 0.0501 e. The lowest BCUT2D eigenvalue weighted by Crippen LogP contribution is -2.04. The molecule has 0 bridgehead atoms. The van der Waals surface area contributed by atoms with Gasteiger partial charge >= 0.3 is 0 Å². The Kier molecular flexibility index (Phi) is 6.73. The zero-order valence-electron chi connectivity index (χ0n) is 7.75. The molecule has 1 unspecified atom stereocenters. The summed E-state index contributed by atoms with van der Waals surface area (Å²) in [4.78, 5) is 4.46. The van der Waals surface area contributed by atoms with Gasteiger partial charge in [-0.3, -0.25) is 4.99 Å². The van der Waals surface area contributed by atoms with Crippen LogP contribution in [0.3, 0.4) is 0 Å². The first-order valence-electron chi connectivity index (χ1n) is 4.34. The van der Waals surface area contributed by atoms with E-state index >= 15 is 0 Å². The van der Waals surface area contributed by atoms with E-state index in [1.165, 1.54) is 0 Å². The quantitative estimate of drug-likeness (QED) is 0.485. The lowest BCUT2D eigenvalue weighted by atomic mass is 10.2. The minimum absolute atomic E-state index is 0.495. The van der Waals surface area contributed by atoms with Crippen LogP contribution in [0.5, 0.6) is 0 Å². The molecule has 0 rings (SSSR count). The van der Waals surface area contributed by atoms with Gasteiger partial charge in [0.2, 0.25) is 0 Å². The monoisotopic (exact) mass is 173 g/mol. The Morgan fingerprint density at radius 2 is 2.09 bits per heavy atom. The smallest absolute Gasteiger partial charge is 0.0501 e. The van der Waals surface area contributed by atoms with Crippen molar-refractivity contribution in [1.29, 1.82) is 0 Å². The van der Waals surface area contributed by atoms with Gasteiger partial charge in [-0.15, -0.1) is 0 Å². The molecule has 0 N–H and O–H groups in total. The minimum atomic E-state index is 0.495. The molecule has 0 saturated heterocycles. The molecule has 0 aliphatic carbocycles. The summed E-state index contributed by atoms with van der Waals surface area (Å²) in [5.41, 5.74) is 0. The van der Waals surface area contributed by atoms with Gasteiger partial charge < -0.3 is 0 Å². The summed E-state index contributed by atoms with van der Waals surface area (Å²) in [5.74, 6) is 1.51. The van der Waals surface area contributed by atoms with Gasteiger partial charge in [0.1, 0.15) is 0 Å². The number of rotatable bonds is 5. The zero-order chi connectivity index (χ0) is 8.69. The van der Waals surface area contributed by atoms with Crippen LogP contribution >= 0.6 is 12.6 Å². The predicted octanol–water partition coefficient (Wildman–Crippen LogP) is 2.81. The molecular formula is C9H19NS. The van der Waals surface area contributed by atoms with E-state index in [1.54, 1.807) is 0 Å². The number of nitrogens with zero attached hydrogens (tertiary/aromatic N) is 1. The van der Waals surface area contributed by atoms with Crippen molar-refractivity contribution in [1.82, 2.24) is 0 Å². The fourth-order valence-corrected chi connectivity index (χ4v) is 1.12. The Balaban J connectivity index is 3.66. The summed E-state index contributed by atoms with van der Waals surface area (Å²) in [6.45, 7) is 6.47.